The van der Waals surface area contributed by atoms with Gasteiger partial charge in [-0.15, -0.1) is 0 Å². The normalized spacial score (nSPS) is 26.1. The second-order valence-electron chi connectivity index (χ2n) is 4.16. The van der Waals surface area contributed by atoms with Crippen molar-refractivity contribution in [1.82, 2.24) is 9.96 Å². The van der Waals surface area contributed by atoms with Crippen LogP contribution in [-0.4, -0.2) is 38.8 Å². The third-order valence-corrected chi connectivity index (χ3v) is 3.30. The predicted molar refractivity (Wildman–Crippen MR) is 55.3 cm³/mol. The average molecular weight is 234 g/mol. The van der Waals surface area contributed by atoms with Crippen molar-refractivity contribution in [3.8, 4) is 0 Å². The van der Waals surface area contributed by atoms with E-state index in [-0.39, 0.29) is 6.54 Å². The molecule has 0 aliphatic carbocycles. The minimum atomic E-state index is -1.08. The van der Waals surface area contributed by atoms with Gasteiger partial charge in [-0.1, -0.05) is 24.3 Å². The maximum Gasteiger partial charge on any atom is 0.345 e. The van der Waals surface area contributed by atoms with Crippen molar-refractivity contribution < 1.29 is 19.9 Å². The Bertz CT molecular complexity index is 516. The Kier molecular flexibility index (Phi) is 1.90. The van der Waals surface area contributed by atoms with Gasteiger partial charge in [0.25, 0.3) is 0 Å². The fourth-order valence-electron chi connectivity index (χ4n) is 2.55. The first kappa shape index (κ1) is 10.1. The number of hydrogen-bond donors (Lipinski definition) is 2. The molecule has 2 amide bonds. The van der Waals surface area contributed by atoms with E-state index in [1.165, 1.54) is 4.90 Å². The lowest BCUT2D eigenvalue weighted by Crippen LogP contribution is -2.38. The molecule has 88 valence electrons. The molecule has 1 aromatic rings. The largest absolute Gasteiger partial charge is 0.479 e. The molecule has 1 saturated heterocycles. The van der Waals surface area contributed by atoms with Gasteiger partial charge in [0.05, 0.1) is 6.54 Å². The molecule has 2 bridgehead atoms. The highest BCUT2D eigenvalue weighted by Crippen LogP contribution is 2.42. The topological polar surface area (TPSA) is 81.1 Å². The summed E-state index contributed by atoms with van der Waals surface area (Å²) in [4.78, 5) is 24.1. The number of carboxylic acid groups (broad SMARTS) is 1. The molecule has 0 unspecified atom stereocenters. The van der Waals surface area contributed by atoms with Crippen LogP contribution in [0.15, 0.2) is 24.3 Å². The fourth-order valence-corrected chi connectivity index (χ4v) is 2.55. The molecule has 3 rings (SSSR count). The minimum absolute atomic E-state index is 0.212. The van der Waals surface area contributed by atoms with Gasteiger partial charge in [-0.05, 0) is 11.1 Å². The highest BCUT2D eigenvalue weighted by atomic mass is 16.5. The van der Waals surface area contributed by atoms with Crippen LogP contribution in [0.2, 0.25) is 0 Å². The predicted octanol–water partition coefficient (Wildman–Crippen LogP) is 0.994. The van der Waals surface area contributed by atoms with Crippen LogP contribution >= 0.6 is 0 Å². The van der Waals surface area contributed by atoms with Crippen molar-refractivity contribution in [3.63, 3.8) is 0 Å². The van der Waals surface area contributed by atoms with E-state index in [0.29, 0.717) is 16.2 Å². The van der Waals surface area contributed by atoms with Crippen LogP contribution in [0.5, 0.6) is 0 Å². The molecule has 6 heteroatoms. The van der Waals surface area contributed by atoms with E-state index in [2.05, 4.69) is 0 Å². The first-order valence-electron chi connectivity index (χ1n) is 5.21. The molecule has 1 fully saturated rings. The molecule has 2 aliphatic rings. The van der Waals surface area contributed by atoms with Gasteiger partial charge >= 0.3 is 12.0 Å². The average Bonchev–Trinajstić information content (AvgIpc) is 2.56. The van der Waals surface area contributed by atoms with Crippen molar-refractivity contribution in [3.05, 3.63) is 35.4 Å². The second-order valence-corrected chi connectivity index (χ2v) is 4.16. The zero-order valence-corrected chi connectivity index (χ0v) is 8.78. The maximum atomic E-state index is 11.7. The number of amides is 2. The number of aliphatic carboxylic acids is 1. The lowest BCUT2D eigenvalue weighted by molar-refractivity contribution is -0.142. The number of hydroxylamine groups is 2. The van der Waals surface area contributed by atoms with Crippen molar-refractivity contribution >= 4 is 12.0 Å². The molecular formula is C11H10N2O4. The smallest absolute Gasteiger partial charge is 0.345 e. The number of benzene rings is 1. The Labute approximate surface area is 96.6 Å². The molecule has 2 N–H and O–H groups in total. The molecule has 0 saturated carbocycles. The summed E-state index contributed by atoms with van der Waals surface area (Å²) >= 11 is 0. The van der Waals surface area contributed by atoms with Crippen LogP contribution in [0, 0.1) is 0 Å². The lowest BCUT2D eigenvalue weighted by Gasteiger charge is -2.29. The van der Waals surface area contributed by atoms with Gasteiger partial charge in [0.15, 0.2) is 6.04 Å². The summed E-state index contributed by atoms with van der Waals surface area (Å²) in [5.74, 6) is -1.08. The number of rotatable bonds is 1. The van der Waals surface area contributed by atoms with E-state index < -0.39 is 24.1 Å². The van der Waals surface area contributed by atoms with E-state index >= 15 is 0 Å². The van der Waals surface area contributed by atoms with Crippen LogP contribution in [-0.2, 0) is 4.79 Å². The van der Waals surface area contributed by atoms with E-state index in [4.69, 9.17) is 0 Å². The highest BCUT2D eigenvalue weighted by Gasteiger charge is 2.49. The minimum Gasteiger partial charge on any atom is -0.479 e. The van der Waals surface area contributed by atoms with Crippen molar-refractivity contribution in [1.29, 1.82) is 0 Å². The summed E-state index contributed by atoms with van der Waals surface area (Å²) in [6.07, 6.45) is 0. The van der Waals surface area contributed by atoms with Gasteiger partial charge in [0, 0.05) is 0 Å². The molecule has 17 heavy (non-hydrogen) atoms. The summed E-state index contributed by atoms with van der Waals surface area (Å²) in [7, 11) is 0. The van der Waals surface area contributed by atoms with Gasteiger partial charge in [-0.25, -0.2) is 9.59 Å². The number of carbonyl (C=O) groups excluding carboxylic acids is 1. The van der Waals surface area contributed by atoms with Crippen molar-refractivity contribution in [2.24, 2.45) is 0 Å². The number of fused-ring (bicyclic) bond motifs is 4. The summed E-state index contributed by atoms with van der Waals surface area (Å²) in [5, 5.41) is 19.5. The molecule has 0 radical (unpaired) electrons. The highest BCUT2D eigenvalue weighted by molar-refractivity contribution is 5.87. The molecule has 1 aromatic carbocycles. The molecule has 0 spiro atoms. The number of urea groups is 1. The first-order chi connectivity index (χ1) is 8.11. The molecule has 6 nitrogen and oxygen atoms in total. The van der Waals surface area contributed by atoms with E-state index in [9.17, 15) is 19.9 Å². The number of carbonyl (C=O) groups is 2. The van der Waals surface area contributed by atoms with Crippen molar-refractivity contribution in [2.45, 2.75) is 12.1 Å². The first-order valence-corrected chi connectivity index (χ1v) is 5.21. The number of carboxylic acids is 1. The van der Waals surface area contributed by atoms with Crippen molar-refractivity contribution in [2.75, 3.05) is 6.54 Å². The monoisotopic (exact) mass is 234 g/mol. The number of nitrogens with zero attached hydrogens (tertiary/aromatic N) is 2. The summed E-state index contributed by atoms with van der Waals surface area (Å²) in [5.41, 5.74) is 1.27. The number of hydrogen-bond acceptors (Lipinski definition) is 3. The van der Waals surface area contributed by atoms with Gasteiger partial charge < -0.3 is 10.0 Å². The Hall–Kier alpha value is -2.08. The Balaban J connectivity index is 2.21. The third kappa shape index (κ3) is 1.18. The molecule has 2 aliphatic heterocycles. The quantitative estimate of drug-likeness (QED) is 0.710. The zero-order valence-electron chi connectivity index (χ0n) is 8.78. The fraction of sp³-hybridized carbons (Fsp3) is 0.273. The van der Waals surface area contributed by atoms with Crippen LogP contribution in [0.25, 0.3) is 0 Å². The maximum absolute atomic E-state index is 11.7. The van der Waals surface area contributed by atoms with E-state index in [1.807, 2.05) is 0 Å². The van der Waals surface area contributed by atoms with Gasteiger partial charge in [0.2, 0.25) is 0 Å². The third-order valence-electron chi connectivity index (χ3n) is 3.30. The summed E-state index contributed by atoms with van der Waals surface area (Å²) in [6.45, 7) is 0.212. The van der Waals surface area contributed by atoms with Crippen LogP contribution < -0.4 is 0 Å². The van der Waals surface area contributed by atoms with Crippen LogP contribution in [0.4, 0.5) is 4.79 Å². The van der Waals surface area contributed by atoms with Gasteiger partial charge in [-0.2, -0.15) is 5.06 Å². The molecule has 0 aromatic heterocycles. The molecular weight excluding hydrogens is 224 g/mol. The Morgan fingerprint density at radius 1 is 1.29 bits per heavy atom. The standard InChI is InChI=1S/C11H10N2O4/c14-10(15)9-7-4-2-1-3-6(7)8-5-12(9)11(16)13(8)17/h1-4,8-9,17H,5H2,(H,14,15)/t8-,9+/m0/s1. The van der Waals surface area contributed by atoms with Gasteiger partial charge in [0.1, 0.15) is 6.04 Å². The molecule has 2 atom stereocenters. The van der Waals surface area contributed by atoms with Crippen LogP contribution in [0.3, 0.4) is 0 Å². The van der Waals surface area contributed by atoms with Gasteiger partial charge in [-0.3, -0.25) is 5.21 Å². The SMILES string of the molecule is O=C(O)[C@H]1c2ccccc2[C@@H]2CN1C(=O)N2O. The second kappa shape index (κ2) is 3.21. The van der Waals surface area contributed by atoms with E-state index in [1.54, 1.807) is 24.3 Å². The zero-order chi connectivity index (χ0) is 12.2. The van der Waals surface area contributed by atoms with E-state index in [0.717, 1.165) is 0 Å². The molecule has 2 heterocycles. The Morgan fingerprint density at radius 2 is 1.94 bits per heavy atom. The summed E-state index contributed by atoms with van der Waals surface area (Å²) in [6, 6.07) is 4.80. The van der Waals surface area contributed by atoms with Crippen LogP contribution in [0.1, 0.15) is 23.2 Å². The summed E-state index contributed by atoms with van der Waals surface area (Å²) < 4.78 is 0. The lowest BCUT2D eigenvalue weighted by atomic mass is 9.91. The Morgan fingerprint density at radius 3 is 2.59 bits per heavy atom.